The van der Waals surface area contributed by atoms with E-state index in [4.69, 9.17) is 10.7 Å². The lowest BCUT2D eigenvalue weighted by molar-refractivity contribution is -0.120. The van der Waals surface area contributed by atoms with Gasteiger partial charge in [-0.1, -0.05) is 6.92 Å². The number of carbonyl (C=O) groups excluding carboxylic acids is 2. The molecule has 0 saturated carbocycles. The van der Waals surface area contributed by atoms with Crippen LogP contribution in [-0.2, 0) is 11.3 Å². The number of hydrogen-bond donors (Lipinski definition) is 3. The molecule has 1 fully saturated rings. The summed E-state index contributed by atoms with van der Waals surface area (Å²) >= 11 is 0. The highest BCUT2D eigenvalue weighted by molar-refractivity contribution is 5.96. The summed E-state index contributed by atoms with van der Waals surface area (Å²) in [5.74, 6) is 1.49. The molecular formula is C30H41N9O2. The zero-order valence-electron chi connectivity index (χ0n) is 24.3. The molecule has 3 heterocycles. The molecule has 4 rings (SSSR count). The second-order valence-corrected chi connectivity index (χ2v) is 10.3. The fourth-order valence-electron chi connectivity index (χ4n) is 4.78. The Hall–Kier alpha value is -3.93. The Balaban J connectivity index is 1.46. The molecule has 218 valence electrons. The molecular weight excluding hydrogens is 518 g/mol. The van der Waals surface area contributed by atoms with Gasteiger partial charge in [0.2, 0.25) is 5.95 Å². The topological polar surface area (TPSA) is 133 Å². The number of pyridine rings is 1. The van der Waals surface area contributed by atoms with Crippen molar-refractivity contribution in [2.45, 2.75) is 26.3 Å². The van der Waals surface area contributed by atoms with Crippen LogP contribution in [0.2, 0.25) is 0 Å². The Morgan fingerprint density at radius 3 is 2.51 bits per heavy atom. The Morgan fingerprint density at radius 1 is 1.05 bits per heavy atom. The van der Waals surface area contributed by atoms with Crippen LogP contribution >= 0.6 is 0 Å². The first-order valence-corrected chi connectivity index (χ1v) is 14.2. The van der Waals surface area contributed by atoms with Gasteiger partial charge in [-0.25, -0.2) is 15.0 Å². The Morgan fingerprint density at radius 2 is 1.83 bits per heavy atom. The number of amides is 1. The van der Waals surface area contributed by atoms with E-state index >= 15 is 0 Å². The molecule has 0 unspecified atom stereocenters. The molecule has 41 heavy (non-hydrogen) atoms. The molecule has 1 aromatic carbocycles. The highest BCUT2D eigenvalue weighted by Gasteiger charge is 2.21. The summed E-state index contributed by atoms with van der Waals surface area (Å²) in [6.45, 7) is 7.88. The third kappa shape index (κ3) is 8.29. The average Bonchev–Trinajstić information content (AvgIpc) is 3.00. The van der Waals surface area contributed by atoms with Gasteiger partial charge in [-0.3, -0.25) is 19.4 Å². The summed E-state index contributed by atoms with van der Waals surface area (Å²) in [5, 5.41) is 6.05. The molecule has 1 saturated heterocycles. The van der Waals surface area contributed by atoms with Gasteiger partial charge in [-0.15, -0.1) is 0 Å². The Kier molecular flexibility index (Phi) is 10.7. The van der Waals surface area contributed by atoms with E-state index in [0.29, 0.717) is 37.6 Å². The number of nitrogens with zero attached hydrogens (tertiary/aromatic N) is 6. The highest BCUT2D eigenvalue weighted by atomic mass is 16.1. The average molecular weight is 560 g/mol. The fourth-order valence-corrected chi connectivity index (χ4v) is 4.78. The summed E-state index contributed by atoms with van der Waals surface area (Å²) in [7, 11) is 3.64. The summed E-state index contributed by atoms with van der Waals surface area (Å²) < 4.78 is 0. The van der Waals surface area contributed by atoms with Gasteiger partial charge >= 0.3 is 0 Å². The van der Waals surface area contributed by atoms with Crippen LogP contribution in [0.3, 0.4) is 0 Å². The minimum Gasteiger partial charge on any atom is -0.360 e. The molecule has 1 aliphatic heterocycles. The first-order chi connectivity index (χ1) is 19.9. The quantitative estimate of drug-likeness (QED) is 0.287. The standard InChI is InChI=1S/C30H41N9O2/c1-4-25(40)21-39-16-14-38(15-17-39)20-23-18-24(7-8-26(23)29(41)32-2)35-30-33-12-10-27(36-30)22-6-9-28(34-19-22)37(3)13-5-11-31/h6-10,12,18-19H,4-5,11,13-17,20-21,31H2,1-3H3,(H,32,41)(H,33,35,36). The molecule has 0 atom stereocenters. The van der Waals surface area contributed by atoms with E-state index in [2.05, 4.69) is 35.3 Å². The van der Waals surface area contributed by atoms with E-state index < -0.39 is 0 Å². The van der Waals surface area contributed by atoms with Crippen molar-refractivity contribution in [2.24, 2.45) is 5.73 Å². The second kappa shape index (κ2) is 14.6. The van der Waals surface area contributed by atoms with Gasteiger partial charge in [0.25, 0.3) is 5.91 Å². The monoisotopic (exact) mass is 559 g/mol. The maximum Gasteiger partial charge on any atom is 0.251 e. The van der Waals surface area contributed by atoms with Crippen molar-refractivity contribution in [1.82, 2.24) is 30.1 Å². The molecule has 0 spiro atoms. The van der Waals surface area contributed by atoms with Crippen LogP contribution in [0.25, 0.3) is 11.3 Å². The van der Waals surface area contributed by atoms with Crippen LogP contribution in [0.1, 0.15) is 35.7 Å². The lowest BCUT2D eigenvalue weighted by Gasteiger charge is -2.34. The molecule has 0 bridgehead atoms. The number of nitrogens with one attached hydrogen (secondary N) is 2. The molecule has 11 heteroatoms. The Bertz CT molecular complexity index is 1310. The fraction of sp³-hybridized carbons (Fsp3) is 0.433. The minimum atomic E-state index is -0.124. The smallest absolute Gasteiger partial charge is 0.251 e. The lowest BCUT2D eigenvalue weighted by Crippen LogP contribution is -2.47. The highest BCUT2D eigenvalue weighted by Crippen LogP contribution is 2.24. The summed E-state index contributed by atoms with van der Waals surface area (Å²) in [6.07, 6.45) is 5.01. The van der Waals surface area contributed by atoms with E-state index in [1.165, 1.54) is 0 Å². The SMILES string of the molecule is CCC(=O)CN1CCN(Cc2cc(Nc3nccc(-c4ccc(N(C)CCCN)nc4)n3)ccc2C(=O)NC)CC1. The van der Waals surface area contributed by atoms with Crippen molar-refractivity contribution >= 4 is 29.1 Å². The van der Waals surface area contributed by atoms with E-state index in [1.807, 2.05) is 56.6 Å². The van der Waals surface area contributed by atoms with Gasteiger partial charge in [-0.2, -0.15) is 0 Å². The van der Waals surface area contributed by atoms with E-state index in [0.717, 1.165) is 67.5 Å². The maximum atomic E-state index is 12.6. The van der Waals surface area contributed by atoms with Crippen molar-refractivity contribution in [3.63, 3.8) is 0 Å². The van der Waals surface area contributed by atoms with Gasteiger partial charge in [0.15, 0.2) is 0 Å². The molecule has 3 aromatic rings. The lowest BCUT2D eigenvalue weighted by atomic mass is 10.0. The summed E-state index contributed by atoms with van der Waals surface area (Å²) in [6, 6.07) is 11.5. The zero-order valence-corrected chi connectivity index (χ0v) is 24.3. The minimum absolute atomic E-state index is 0.124. The first-order valence-electron chi connectivity index (χ1n) is 14.2. The normalized spacial score (nSPS) is 14.0. The molecule has 0 radical (unpaired) electrons. The molecule has 0 aliphatic carbocycles. The van der Waals surface area contributed by atoms with E-state index in [1.54, 1.807) is 13.2 Å². The number of rotatable bonds is 13. The van der Waals surface area contributed by atoms with Crippen molar-refractivity contribution < 1.29 is 9.59 Å². The van der Waals surface area contributed by atoms with Crippen molar-refractivity contribution in [1.29, 1.82) is 0 Å². The van der Waals surface area contributed by atoms with Crippen molar-refractivity contribution in [2.75, 3.05) is 70.1 Å². The largest absolute Gasteiger partial charge is 0.360 e. The van der Waals surface area contributed by atoms with Crippen LogP contribution < -0.4 is 21.3 Å². The number of hydrogen-bond acceptors (Lipinski definition) is 10. The molecule has 1 amide bonds. The van der Waals surface area contributed by atoms with Crippen LogP contribution in [0.15, 0.2) is 48.8 Å². The van der Waals surface area contributed by atoms with E-state index in [9.17, 15) is 9.59 Å². The number of aromatic nitrogens is 3. The van der Waals surface area contributed by atoms with Crippen molar-refractivity contribution in [3.05, 3.63) is 59.9 Å². The van der Waals surface area contributed by atoms with Crippen molar-refractivity contribution in [3.8, 4) is 11.3 Å². The second-order valence-electron chi connectivity index (χ2n) is 10.3. The van der Waals surface area contributed by atoms with E-state index in [-0.39, 0.29) is 11.7 Å². The number of carbonyl (C=O) groups is 2. The van der Waals surface area contributed by atoms with Gasteiger partial charge in [0.1, 0.15) is 11.6 Å². The van der Waals surface area contributed by atoms with Gasteiger partial charge in [-0.05, 0) is 54.9 Å². The van der Waals surface area contributed by atoms with Gasteiger partial charge < -0.3 is 21.3 Å². The van der Waals surface area contributed by atoms with Crippen LogP contribution in [-0.4, -0.2) is 96.4 Å². The number of Topliss-reactive ketones (excluding diaryl/α,β-unsaturated/α-hetero) is 1. The maximum absolute atomic E-state index is 12.6. The zero-order chi connectivity index (χ0) is 29.2. The molecule has 4 N–H and O–H groups in total. The predicted octanol–water partition coefficient (Wildman–Crippen LogP) is 2.52. The third-order valence-corrected chi connectivity index (χ3v) is 7.27. The van der Waals surface area contributed by atoms with Gasteiger partial charge in [0, 0.05) is 89.0 Å². The summed E-state index contributed by atoms with van der Waals surface area (Å²) in [4.78, 5) is 44.8. The van der Waals surface area contributed by atoms with Crippen LogP contribution in [0.4, 0.5) is 17.5 Å². The summed E-state index contributed by atoms with van der Waals surface area (Å²) in [5.41, 5.74) is 9.63. The predicted molar refractivity (Wildman–Crippen MR) is 162 cm³/mol. The molecule has 1 aliphatic rings. The first kappa shape index (κ1) is 30.0. The Labute approximate surface area is 242 Å². The number of piperazine rings is 1. The number of anilines is 3. The molecule has 2 aromatic heterocycles. The van der Waals surface area contributed by atoms with Crippen LogP contribution in [0, 0.1) is 0 Å². The number of ketones is 1. The van der Waals surface area contributed by atoms with Gasteiger partial charge in [0.05, 0.1) is 12.2 Å². The number of nitrogens with two attached hydrogens (primary N) is 1. The number of benzene rings is 1. The van der Waals surface area contributed by atoms with Crippen LogP contribution in [0.5, 0.6) is 0 Å². The molecule has 11 nitrogen and oxygen atoms in total. The third-order valence-electron chi connectivity index (χ3n) is 7.27.